The van der Waals surface area contributed by atoms with Crippen LogP contribution in [-0.2, 0) is 6.42 Å². The third-order valence-corrected chi connectivity index (χ3v) is 4.69. The van der Waals surface area contributed by atoms with Crippen LogP contribution in [0.1, 0.15) is 38.4 Å². The first-order chi connectivity index (χ1) is 10.2. The average molecular weight is 285 g/mol. The van der Waals surface area contributed by atoms with Crippen molar-refractivity contribution in [3.05, 3.63) is 36.2 Å². The summed E-state index contributed by atoms with van der Waals surface area (Å²) in [5.74, 6) is 1.66. The first kappa shape index (κ1) is 14.2. The predicted octanol–water partition coefficient (Wildman–Crippen LogP) is 2.36. The number of aromatic nitrogens is 4. The highest BCUT2D eigenvalue weighted by atomic mass is 15.5. The summed E-state index contributed by atoms with van der Waals surface area (Å²) < 4.78 is 1.84. The fourth-order valence-electron chi connectivity index (χ4n) is 3.61. The van der Waals surface area contributed by atoms with Gasteiger partial charge in [0.25, 0.3) is 0 Å². The highest BCUT2D eigenvalue weighted by Crippen LogP contribution is 2.40. The Hall–Kier alpha value is -1.75. The van der Waals surface area contributed by atoms with Crippen LogP contribution in [0.25, 0.3) is 5.69 Å². The largest absolute Gasteiger partial charge is 0.330 e. The standard InChI is InChI=1S/C16H23N5/c1-13-6-5-9-16(10-13,12-17)11-15-18-19-20-21(15)14-7-3-2-4-8-14/h2-4,7-8,13H,5-6,9-12,17H2,1H3. The summed E-state index contributed by atoms with van der Waals surface area (Å²) in [5.41, 5.74) is 7.29. The van der Waals surface area contributed by atoms with Gasteiger partial charge >= 0.3 is 0 Å². The van der Waals surface area contributed by atoms with Gasteiger partial charge in [-0.2, -0.15) is 4.68 Å². The molecule has 2 N–H and O–H groups in total. The van der Waals surface area contributed by atoms with E-state index < -0.39 is 0 Å². The summed E-state index contributed by atoms with van der Waals surface area (Å²) in [7, 11) is 0. The van der Waals surface area contributed by atoms with Gasteiger partial charge in [-0.25, -0.2) is 0 Å². The molecule has 1 aromatic heterocycles. The van der Waals surface area contributed by atoms with Gasteiger partial charge in [0.1, 0.15) is 0 Å². The SMILES string of the molecule is CC1CCCC(CN)(Cc2nnnn2-c2ccccc2)C1. The van der Waals surface area contributed by atoms with Gasteiger partial charge in [0.15, 0.2) is 5.82 Å². The Morgan fingerprint density at radius 2 is 2.14 bits per heavy atom. The summed E-state index contributed by atoms with van der Waals surface area (Å²) in [6, 6.07) is 10.1. The average Bonchev–Trinajstić information content (AvgIpc) is 2.96. The minimum absolute atomic E-state index is 0.152. The van der Waals surface area contributed by atoms with Gasteiger partial charge in [0.2, 0.25) is 0 Å². The lowest BCUT2D eigenvalue weighted by molar-refractivity contribution is 0.150. The van der Waals surface area contributed by atoms with Crippen molar-refractivity contribution in [2.24, 2.45) is 17.1 Å². The van der Waals surface area contributed by atoms with Crippen LogP contribution in [0.4, 0.5) is 0 Å². The van der Waals surface area contributed by atoms with Crippen LogP contribution >= 0.6 is 0 Å². The summed E-state index contributed by atoms with van der Waals surface area (Å²) >= 11 is 0. The van der Waals surface area contributed by atoms with Gasteiger partial charge in [-0.3, -0.25) is 0 Å². The highest BCUT2D eigenvalue weighted by molar-refractivity contribution is 5.30. The normalized spacial score (nSPS) is 25.9. The molecule has 1 fully saturated rings. The molecule has 0 spiro atoms. The monoisotopic (exact) mass is 285 g/mol. The zero-order chi connectivity index (χ0) is 14.7. The highest BCUT2D eigenvalue weighted by Gasteiger charge is 2.35. The van der Waals surface area contributed by atoms with Crippen molar-refractivity contribution in [3.8, 4) is 5.69 Å². The maximum Gasteiger partial charge on any atom is 0.157 e. The molecule has 2 atom stereocenters. The van der Waals surface area contributed by atoms with Crippen molar-refractivity contribution in [3.63, 3.8) is 0 Å². The first-order valence-corrected chi connectivity index (χ1v) is 7.75. The topological polar surface area (TPSA) is 69.6 Å². The Kier molecular flexibility index (Phi) is 4.01. The fraction of sp³-hybridized carbons (Fsp3) is 0.562. The van der Waals surface area contributed by atoms with Gasteiger partial charge in [0, 0.05) is 6.42 Å². The second kappa shape index (κ2) is 5.93. The van der Waals surface area contributed by atoms with Crippen molar-refractivity contribution >= 4 is 0 Å². The lowest BCUT2D eigenvalue weighted by Gasteiger charge is -2.38. The van der Waals surface area contributed by atoms with E-state index in [0.29, 0.717) is 6.54 Å². The quantitative estimate of drug-likeness (QED) is 0.936. The molecule has 5 nitrogen and oxygen atoms in total. The lowest BCUT2D eigenvalue weighted by Crippen LogP contribution is -2.38. The summed E-state index contributed by atoms with van der Waals surface area (Å²) in [5, 5.41) is 12.3. The molecule has 112 valence electrons. The lowest BCUT2D eigenvalue weighted by atomic mass is 9.68. The Bertz CT molecular complexity index is 579. The van der Waals surface area contributed by atoms with E-state index in [2.05, 4.69) is 22.4 Å². The molecule has 0 saturated heterocycles. The van der Waals surface area contributed by atoms with E-state index >= 15 is 0 Å². The molecule has 0 radical (unpaired) electrons. The Morgan fingerprint density at radius 3 is 2.86 bits per heavy atom. The number of nitrogens with two attached hydrogens (primary N) is 1. The number of para-hydroxylation sites is 1. The third-order valence-electron chi connectivity index (χ3n) is 4.69. The maximum atomic E-state index is 6.13. The van der Waals surface area contributed by atoms with Crippen LogP contribution in [0.2, 0.25) is 0 Å². The molecule has 1 aliphatic rings. The van der Waals surface area contributed by atoms with Gasteiger partial charge < -0.3 is 5.73 Å². The molecular formula is C16H23N5. The molecule has 1 saturated carbocycles. The molecule has 21 heavy (non-hydrogen) atoms. The Labute approximate surface area is 125 Å². The number of hydrogen-bond donors (Lipinski definition) is 1. The third kappa shape index (κ3) is 2.97. The van der Waals surface area contributed by atoms with Crippen LogP contribution < -0.4 is 5.73 Å². The van der Waals surface area contributed by atoms with Crippen molar-refractivity contribution < 1.29 is 0 Å². The first-order valence-electron chi connectivity index (χ1n) is 7.75. The molecule has 0 amide bonds. The minimum atomic E-state index is 0.152. The molecular weight excluding hydrogens is 262 g/mol. The molecule has 0 aliphatic heterocycles. The predicted molar refractivity (Wildman–Crippen MR) is 82.0 cm³/mol. The van der Waals surface area contributed by atoms with Crippen LogP contribution in [0.15, 0.2) is 30.3 Å². The molecule has 1 heterocycles. The van der Waals surface area contributed by atoms with Gasteiger partial charge in [-0.15, -0.1) is 5.10 Å². The Morgan fingerprint density at radius 1 is 1.33 bits per heavy atom. The van der Waals surface area contributed by atoms with Crippen molar-refractivity contribution in [1.29, 1.82) is 0 Å². The number of tetrazole rings is 1. The van der Waals surface area contributed by atoms with E-state index in [0.717, 1.165) is 23.9 Å². The molecule has 0 bridgehead atoms. The van der Waals surface area contributed by atoms with Crippen LogP contribution in [0.5, 0.6) is 0 Å². The van der Waals surface area contributed by atoms with Crippen LogP contribution in [0.3, 0.4) is 0 Å². The number of nitrogens with zero attached hydrogens (tertiary/aromatic N) is 4. The van der Waals surface area contributed by atoms with Crippen molar-refractivity contribution in [2.75, 3.05) is 6.54 Å². The zero-order valence-electron chi connectivity index (χ0n) is 12.6. The summed E-state index contributed by atoms with van der Waals surface area (Å²) in [6.45, 7) is 3.03. The van der Waals surface area contributed by atoms with E-state index in [1.54, 1.807) is 0 Å². The second-order valence-electron chi connectivity index (χ2n) is 6.42. The molecule has 5 heteroatoms. The van der Waals surface area contributed by atoms with E-state index in [1.807, 2.05) is 35.0 Å². The summed E-state index contributed by atoms with van der Waals surface area (Å²) in [6.07, 6.45) is 5.77. The molecule has 2 unspecified atom stereocenters. The van der Waals surface area contributed by atoms with E-state index in [4.69, 9.17) is 5.73 Å². The number of benzene rings is 1. The minimum Gasteiger partial charge on any atom is -0.330 e. The maximum absolute atomic E-state index is 6.13. The van der Waals surface area contributed by atoms with Crippen LogP contribution in [0, 0.1) is 11.3 Å². The zero-order valence-corrected chi connectivity index (χ0v) is 12.6. The van der Waals surface area contributed by atoms with Crippen molar-refractivity contribution in [1.82, 2.24) is 20.2 Å². The van der Waals surface area contributed by atoms with E-state index in [1.165, 1.54) is 25.7 Å². The van der Waals surface area contributed by atoms with Crippen LogP contribution in [-0.4, -0.2) is 26.8 Å². The summed E-state index contributed by atoms with van der Waals surface area (Å²) in [4.78, 5) is 0. The number of hydrogen-bond acceptors (Lipinski definition) is 4. The fourth-order valence-corrected chi connectivity index (χ4v) is 3.61. The second-order valence-corrected chi connectivity index (χ2v) is 6.42. The molecule has 1 aromatic carbocycles. The smallest absolute Gasteiger partial charge is 0.157 e. The van der Waals surface area contributed by atoms with Gasteiger partial charge in [-0.1, -0.05) is 38.0 Å². The molecule has 2 aromatic rings. The van der Waals surface area contributed by atoms with E-state index in [9.17, 15) is 0 Å². The molecule has 3 rings (SSSR count). The van der Waals surface area contributed by atoms with E-state index in [-0.39, 0.29) is 5.41 Å². The van der Waals surface area contributed by atoms with Gasteiger partial charge in [0.05, 0.1) is 5.69 Å². The van der Waals surface area contributed by atoms with Gasteiger partial charge in [-0.05, 0) is 53.3 Å². The molecule has 1 aliphatic carbocycles. The number of rotatable bonds is 4. The van der Waals surface area contributed by atoms with Crippen molar-refractivity contribution in [2.45, 2.75) is 39.0 Å². The Balaban J connectivity index is 1.86.